The number of rotatable bonds is 4. The lowest BCUT2D eigenvalue weighted by Gasteiger charge is -2.33. The maximum Gasteiger partial charge on any atom is 0.122 e. The lowest BCUT2D eigenvalue weighted by Crippen LogP contribution is -2.43. The van der Waals surface area contributed by atoms with Crippen LogP contribution in [0.25, 0.3) is 0 Å². The zero-order valence-corrected chi connectivity index (χ0v) is 10.0. The van der Waals surface area contributed by atoms with Gasteiger partial charge in [-0.15, -0.1) is 0 Å². The van der Waals surface area contributed by atoms with Crippen molar-refractivity contribution in [3.8, 4) is 0 Å². The van der Waals surface area contributed by atoms with Crippen LogP contribution in [0, 0.1) is 0 Å². The molecule has 1 aliphatic heterocycles. The number of nitrogens with zero attached hydrogens (tertiary/aromatic N) is 1. The summed E-state index contributed by atoms with van der Waals surface area (Å²) in [6, 6.07) is 2.56. The van der Waals surface area contributed by atoms with Crippen molar-refractivity contribution < 1.29 is 9.15 Å². The van der Waals surface area contributed by atoms with E-state index in [-0.39, 0.29) is 0 Å². The maximum absolute atomic E-state index is 5.46. The van der Waals surface area contributed by atoms with Crippen LogP contribution in [0.4, 0.5) is 0 Å². The molecule has 1 saturated heterocycles. The van der Waals surface area contributed by atoms with Crippen LogP contribution in [-0.2, 0) is 17.8 Å². The summed E-state index contributed by atoms with van der Waals surface area (Å²) in [6.45, 7) is 6.63. The van der Waals surface area contributed by atoms with Crippen molar-refractivity contribution in [2.45, 2.75) is 26.1 Å². The van der Waals surface area contributed by atoms with Gasteiger partial charge in [0.15, 0.2) is 0 Å². The Labute approximate surface area is 96.6 Å². The van der Waals surface area contributed by atoms with Gasteiger partial charge >= 0.3 is 0 Å². The van der Waals surface area contributed by atoms with E-state index in [0.29, 0.717) is 6.04 Å². The van der Waals surface area contributed by atoms with Crippen LogP contribution in [0.3, 0.4) is 0 Å². The molecule has 0 radical (unpaired) electrons. The minimum atomic E-state index is 0.492. The standard InChI is InChI=1S/C12H20N2O2/c1-10-9-15-6-4-14(10)8-11-3-5-16-12(11)7-13-2/h3,5,10,13H,4,6-9H2,1-2H3. The highest BCUT2D eigenvalue weighted by molar-refractivity contribution is 5.17. The molecule has 4 nitrogen and oxygen atoms in total. The highest BCUT2D eigenvalue weighted by atomic mass is 16.5. The molecule has 2 heterocycles. The third-order valence-electron chi connectivity index (χ3n) is 3.05. The Kier molecular flexibility index (Phi) is 3.98. The van der Waals surface area contributed by atoms with Crippen LogP contribution in [0.2, 0.25) is 0 Å². The van der Waals surface area contributed by atoms with Crippen molar-refractivity contribution in [2.24, 2.45) is 0 Å². The molecule has 1 aliphatic rings. The maximum atomic E-state index is 5.46. The van der Waals surface area contributed by atoms with Gasteiger partial charge in [-0.1, -0.05) is 0 Å². The predicted octanol–water partition coefficient (Wildman–Crippen LogP) is 1.22. The van der Waals surface area contributed by atoms with E-state index in [0.717, 1.165) is 38.6 Å². The summed E-state index contributed by atoms with van der Waals surface area (Å²) in [5.74, 6) is 1.04. The van der Waals surface area contributed by atoms with Gasteiger partial charge in [-0.25, -0.2) is 0 Å². The Bertz CT molecular complexity index is 325. The van der Waals surface area contributed by atoms with E-state index in [1.165, 1.54) is 5.56 Å². The smallest absolute Gasteiger partial charge is 0.122 e. The topological polar surface area (TPSA) is 37.6 Å². The summed E-state index contributed by atoms with van der Waals surface area (Å²) in [5, 5.41) is 3.12. The molecule has 0 saturated carbocycles. The Hall–Kier alpha value is -0.840. The first-order chi connectivity index (χ1) is 7.81. The van der Waals surface area contributed by atoms with Gasteiger partial charge in [-0.05, 0) is 20.0 Å². The summed E-state index contributed by atoms with van der Waals surface area (Å²) in [4.78, 5) is 2.44. The Balaban J connectivity index is 1.99. The van der Waals surface area contributed by atoms with Gasteiger partial charge in [0, 0.05) is 24.7 Å². The molecule has 0 amide bonds. The average molecular weight is 224 g/mol. The first-order valence-electron chi connectivity index (χ1n) is 5.83. The fourth-order valence-corrected chi connectivity index (χ4v) is 2.04. The Morgan fingerprint density at radius 1 is 1.56 bits per heavy atom. The molecule has 90 valence electrons. The van der Waals surface area contributed by atoms with Crippen LogP contribution in [0.15, 0.2) is 16.7 Å². The molecule has 1 aromatic heterocycles. The molecule has 16 heavy (non-hydrogen) atoms. The van der Waals surface area contributed by atoms with Crippen molar-refractivity contribution >= 4 is 0 Å². The highest BCUT2D eigenvalue weighted by Gasteiger charge is 2.20. The van der Waals surface area contributed by atoms with Crippen LogP contribution in [-0.4, -0.2) is 37.7 Å². The van der Waals surface area contributed by atoms with Gasteiger partial charge in [-0.2, -0.15) is 0 Å². The lowest BCUT2D eigenvalue weighted by atomic mass is 10.2. The van der Waals surface area contributed by atoms with E-state index in [4.69, 9.17) is 9.15 Å². The van der Waals surface area contributed by atoms with Crippen LogP contribution < -0.4 is 5.32 Å². The van der Waals surface area contributed by atoms with Gasteiger partial charge in [0.2, 0.25) is 0 Å². The largest absolute Gasteiger partial charge is 0.468 e. The number of morpholine rings is 1. The van der Waals surface area contributed by atoms with Crippen molar-refractivity contribution in [3.63, 3.8) is 0 Å². The second-order valence-electron chi connectivity index (χ2n) is 4.29. The zero-order valence-electron chi connectivity index (χ0n) is 10.0. The molecule has 0 aliphatic carbocycles. The summed E-state index contributed by atoms with van der Waals surface area (Å²) in [7, 11) is 1.93. The molecule has 4 heteroatoms. The fourth-order valence-electron chi connectivity index (χ4n) is 2.04. The number of ether oxygens (including phenoxy) is 1. The summed E-state index contributed by atoms with van der Waals surface area (Å²) in [6.07, 6.45) is 1.77. The van der Waals surface area contributed by atoms with E-state index in [2.05, 4.69) is 23.2 Å². The van der Waals surface area contributed by atoms with Gasteiger partial charge in [0.25, 0.3) is 0 Å². The third-order valence-corrected chi connectivity index (χ3v) is 3.05. The van der Waals surface area contributed by atoms with E-state index in [1.54, 1.807) is 6.26 Å². The predicted molar refractivity (Wildman–Crippen MR) is 62.2 cm³/mol. The van der Waals surface area contributed by atoms with E-state index < -0.39 is 0 Å². The molecule has 1 N–H and O–H groups in total. The first-order valence-corrected chi connectivity index (χ1v) is 5.83. The lowest BCUT2D eigenvalue weighted by molar-refractivity contribution is -0.00459. The fraction of sp³-hybridized carbons (Fsp3) is 0.667. The van der Waals surface area contributed by atoms with Crippen molar-refractivity contribution in [2.75, 3.05) is 26.8 Å². The number of furan rings is 1. The zero-order chi connectivity index (χ0) is 11.4. The second kappa shape index (κ2) is 5.48. The second-order valence-corrected chi connectivity index (χ2v) is 4.29. The molecule has 0 aromatic carbocycles. The SMILES string of the molecule is CNCc1occc1CN1CCOCC1C. The van der Waals surface area contributed by atoms with Crippen molar-refractivity contribution in [1.82, 2.24) is 10.2 Å². The summed E-state index contributed by atoms with van der Waals surface area (Å²) < 4.78 is 10.9. The average Bonchev–Trinajstić information content (AvgIpc) is 2.70. The van der Waals surface area contributed by atoms with Gasteiger partial charge < -0.3 is 14.5 Å². The molecular weight excluding hydrogens is 204 g/mol. The minimum Gasteiger partial charge on any atom is -0.468 e. The molecule has 2 rings (SSSR count). The van der Waals surface area contributed by atoms with Crippen LogP contribution >= 0.6 is 0 Å². The molecule has 1 fully saturated rings. The van der Waals surface area contributed by atoms with E-state index in [1.807, 2.05) is 7.05 Å². The van der Waals surface area contributed by atoms with Gasteiger partial charge in [0.05, 0.1) is 26.0 Å². The molecule has 1 aromatic rings. The molecule has 0 bridgehead atoms. The van der Waals surface area contributed by atoms with E-state index in [9.17, 15) is 0 Å². The Morgan fingerprint density at radius 2 is 2.44 bits per heavy atom. The number of hydrogen-bond acceptors (Lipinski definition) is 4. The first kappa shape index (κ1) is 11.6. The Morgan fingerprint density at radius 3 is 3.19 bits per heavy atom. The van der Waals surface area contributed by atoms with Gasteiger partial charge in [0.1, 0.15) is 5.76 Å². The molecule has 1 unspecified atom stereocenters. The van der Waals surface area contributed by atoms with Gasteiger partial charge in [-0.3, -0.25) is 4.90 Å². The third kappa shape index (κ3) is 2.64. The normalized spacial score (nSPS) is 22.5. The highest BCUT2D eigenvalue weighted by Crippen LogP contribution is 2.16. The van der Waals surface area contributed by atoms with E-state index >= 15 is 0 Å². The van der Waals surface area contributed by atoms with Crippen molar-refractivity contribution in [1.29, 1.82) is 0 Å². The number of hydrogen-bond donors (Lipinski definition) is 1. The molecule has 1 atom stereocenters. The quantitative estimate of drug-likeness (QED) is 0.834. The molecule has 0 spiro atoms. The van der Waals surface area contributed by atoms with Crippen molar-refractivity contribution in [3.05, 3.63) is 23.7 Å². The number of nitrogens with one attached hydrogen (secondary N) is 1. The molecular formula is C12H20N2O2. The minimum absolute atomic E-state index is 0.492. The van der Waals surface area contributed by atoms with Crippen LogP contribution in [0.5, 0.6) is 0 Å². The monoisotopic (exact) mass is 224 g/mol. The summed E-state index contributed by atoms with van der Waals surface area (Å²) in [5.41, 5.74) is 1.28. The van der Waals surface area contributed by atoms with Crippen LogP contribution in [0.1, 0.15) is 18.2 Å². The summed E-state index contributed by atoms with van der Waals surface area (Å²) >= 11 is 0.